The van der Waals surface area contributed by atoms with Crippen LogP contribution in [0.4, 0.5) is 0 Å². The van der Waals surface area contributed by atoms with Crippen molar-refractivity contribution in [3.63, 3.8) is 0 Å². The Morgan fingerprint density at radius 1 is 1.23 bits per heavy atom. The molecule has 3 heterocycles. The van der Waals surface area contributed by atoms with Gasteiger partial charge in [-0.2, -0.15) is 0 Å². The maximum atomic E-state index is 12.6. The van der Waals surface area contributed by atoms with Crippen LogP contribution in [0.1, 0.15) is 42.5 Å². The van der Waals surface area contributed by atoms with Crippen molar-refractivity contribution in [2.45, 2.75) is 32.1 Å². The lowest BCUT2D eigenvalue weighted by Gasteiger charge is -2.37. The van der Waals surface area contributed by atoms with Crippen LogP contribution in [0.15, 0.2) is 18.5 Å². The zero-order valence-corrected chi connectivity index (χ0v) is 13.1. The first-order chi connectivity index (χ1) is 10.7. The van der Waals surface area contributed by atoms with E-state index in [2.05, 4.69) is 9.88 Å². The van der Waals surface area contributed by atoms with E-state index in [1.54, 1.807) is 12.3 Å². The first kappa shape index (κ1) is 15.3. The largest absolute Gasteiger partial charge is 0.505 e. The number of aromatic nitrogens is 1. The summed E-state index contributed by atoms with van der Waals surface area (Å²) in [6, 6.07) is 1.60. The fourth-order valence-electron chi connectivity index (χ4n) is 3.64. The minimum atomic E-state index is -0.0664. The van der Waals surface area contributed by atoms with Crippen LogP contribution in [0.3, 0.4) is 0 Å². The summed E-state index contributed by atoms with van der Waals surface area (Å²) >= 11 is 0. The summed E-state index contributed by atoms with van der Waals surface area (Å²) < 4.78 is 0. The Balaban J connectivity index is 1.60. The van der Waals surface area contributed by atoms with Gasteiger partial charge in [-0.1, -0.05) is 6.42 Å². The van der Waals surface area contributed by atoms with Gasteiger partial charge in [-0.15, -0.1) is 0 Å². The number of carbonyl (C=O) groups is 1. The molecule has 0 aliphatic carbocycles. The van der Waals surface area contributed by atoms with Gasteiger partial charge < -0.3 is 14.9 Å². The van der Waals surface area contributed by atoms with E-state index in [9.17, 15) is 9.90 Å². The summed E-state index contributed by atoms with van der Waals surface area (Å²) in [5.41, 5.74) is 0.369. The molecule has 5 heteroatoms. The normalized spacial score (nSPS) is 23.5. The van der Waals surface area contributed by atoms with Crippen LogP contribution in [-0.4, -0.2) is 58.5 Å². The van der Waals surface area contributed by atoms with Gasteiger partial charge in [-0.3, -0.25) is 9.78 Å². The summed E-state index contributed by atoms with van der Waals surface area (Å²) in [5.74, 6) is 0.466. The van der Waals surface area contributed by atoms with Crippen molar-refractivity contribution >= 4 is 5.91 Å². The molecule has 0 bridgehead atoms. The van der Waals surface area contributed by atoms with Gasteiger partial charge in [0.05, 0.1) is 11.8 Å². The van der Waals surface area contributed by atoms with Crippen LogP contribution in [0.2, 0.25) is 0 Å². The summed E-state index contributed by atoms with van der Waals surface area (Å²) in [6.45, 7) is 5.10. The first-order valence-corrected chi connectivity index (χ1v) is 8.38. The van der Waals surface area contributed by atoms with E-state index in [0.717, 1.165) is 26.1 Å². The van der Waals surface area contributed by atoms with Crippen molar-refractivity contribution in [2.75, 3.05) is 32.7 Å². The second kappa shape index (κ2) is 7.09. The van der Waals surface area contributed by atoms with Crippen molar-refractivity contribution < 1.29 is 9.90 Å². The van der Waals surface area contributed by atoms with Crippen LogP contribution in [0.5, 0.6) is 5.75 Å². The third kappa shape index (κ3) is 3.58. The zero-order chi connectivity index (χ0) is 15.4. The summed E-state index contributed by atoms with van der Waals surface area (Å²) in [4.78, 5) is 20.9. The van der Waals surface area contributed by atoms with E-state index in [4.69, 9.17) is 0 Å². The minimum Gasteiger partial charge on any atom is -0.505 e. The Kier molecular flexibility index (Phi) is 4.93. The van der Waals surface area contributed by atoms with Crippen molar-refractivity contribution in [1.29, 1.82) is 0 Å². The Hall–Kier alpha value is -1.62. The molecule has 1 N–H and O–H groups in total. The van der Waals surface area contributed by atoms with Crippen LogP contribution in [0.25, 0.3) is 0 Å². The monoisotopic (exact) mass is 303 g/mol. The highest BCUT2D eigenvalue weighted by atomic mass is 16.3. The zero-order valence-electron chi connectivity index (χ0n) is 13.1. The molecule has 2 aliphatic rings. The van der Waals surface area contributed by atoms with E-state index < -0.39 is 0 Å². The molecule has 1 aromatic rings. The molecule has 1 atom stereocenters. The molecular formula is C17H25N3O2. The summed E-state index contributed by atoms with van der Waals surface area (Å²) in [5, 5.41) is 9.82. The molecule has 1 aromatic heterocycles. The van der Waals surface area contributed by atoms with Crippen LogP contribution in [-0.2, 0) is 0 Å². The van der Waals surface area contributed by atoms with Gasteiger partial charge in [0.15, 0.2) is 0 Å². The molecule has 22 heavy (non-hydrogen) atoms. The Labute approximate surface area is 131 Å². The fourth-order valence-corrected chi connectivity index (χ4v) is 3.64. The highest BCUT2D eigenvalue weighted by Gasteiger charge is 2.27. The number of hydrogen-bond donors (Lipinski definition) is 1. The lowest BCUT2D eigenvalue weighted by Crippen LogP contribution is -2.44. The third-order valence-electron chi connectivity index (χ3n) is 4.80. The number of hydrogen-bond acceptors (Lipinski definition) is 4. The fraction of sp³-hybridized carbons (Fsp3) is 0.647. The molecule has 2 saturated heterocycles. The predicted molar refractivity (Wildman–Crippen MR) is 84.8 cm³/mol. The second-order valence-corrected chi connectivity index (χ2v) is 6.51. The van der Waals surface area contributed by atoms with Crippen molar-refractivity contribution in [3.05, 3.63) is 24.0 Å². The number of piperidine rings is 2. The van der Waals surface area contributed by atoms with E-state index >= 15 is 0 Å². The minimum absolute atomic E-state index is 0.0225. The van der Waals surface area contributed by atoms with Gasteiger partial charge in [0.25, 0.3) is 5.91 Å². The summed E-state index contributed by atoms with van der Waals surface area (Å²) in [7, 11) is 0. The molecule has 1 amide bonds. The van der Waals surface area contributed by atoms with Gasteiger partial charge >= 0.3 is 0 Å². The molecule has 2 aliphatic heterocycles. The van der Waals surface area contributed by atoms with Gasteiger partial charge in [0.1, 0.15) is 5.75 Å². The lowest BCUT2D eigenvalue weighted by atomic mass is 9.96. The summed E-state index contributed by atoms with van der Waals surface area (Å²) in [6.07, 6.45) is 9.11. The molecule has 2 fully saturated rings. The average molecular weight is 303 g/mol. The quantitative estimate of drug-likeness (QED) is 0.929. The predicted octanol–water partition coefficient (Wildman–Crippen LogP) is 2.13. The van der Waals surface area contributed by atoms with Crippen LogP contribution < -0.4 is 0 Å². The Morgan fingerprint density at radius 2 is 2.05 bits per heavy atom. The van der Waals surface area contributed by atoms with Crippen LogP contribution >= 0.6 is 0 Å². The Morgan fingerprint density at radius 3 is 2.82 bits per heavy atom. The molecule has 0 spiro atoms. The van der Waals surface area contributed by atoms with Crippen molar-refractivity contribution in [2.24, 2.45) is 5.92 Å². The van der Waals surface area contributed by atoms with E-state index in [0.29, 0.717) is 11.5 Å². The van der Waals surface area contributed by atoms with Crippen molar-refractivity contribution in [3.8, 4) is 5.75 Å². The average Bonchev–Trinajstić information content (AvgIpc) is 2.56. The lowest BCUT2D eigenvalue weighted by molar-refractivity contribution is 0.0628. The molecule has 0 radical (unpaired) electrons. The molecule has 5 nitrogen and oxygen atoms in total. The SMILES string of the molecule is O=C(c1ccncc1O)N1CCCC(CN2CCCCC2)C1. The van der Waals surface area contributed by atoms with E-state index in [1.165, 1.54) is 45.0 Å². The topological polar surface area (TPSA) is 56.7 Å². The van der Waals surface area contributed by atoms with Gasteiger partial charge in [0.2, 0.25) is 0 Å². The number of rotatable bonds is 3. The highest BCUT2D eigenvalue weighted by molar-refractivity contribution is 5.96. The van der Waals surface area contributed by atoms with E-state index in [-0.39, 0.29) is 11.7 Å². The third-order valence-corrected chi connectivity index (χ3v) is 4.80. The van der Waals surface area contributed by atoms with Gasteiger partial charge in [-0.25, -0.2) is 0 Å². The molecule has 0 aromatic carbocycles. The molecule has 1 unspecified atom stereocenters. The highest BCUT2D eigenvalue weighted by Crippen LogP contribution is 2.23. The number of aromatic hydroxyl groups is 1. The maximum Gasteiger partial charge on any atom is 0.257 e. The van der Waals surface area contributed by atoms with Crippen LogP contribution in [0, 0.1) is 5.92 Å². The second-order valence-electron chi connectivity index (χ2n) is 6.51. The van der Waals surface area contributed by atoms with Crippen molar-refractivity contribution in [1.82, 2.24) is 14.8 Å². The number of carbonyl (C=O) groups excluding carboxylic acids is 1. The van der Waals surface area contributed by atoms with Gasteiger partial charge in [0, 0.05) is 25.8 Å². The molecule has 120 valence electrons. The standard InChI is InChI=1S/C17H25N3O2/c21-16-11-18-7-6-15(16)17(22)20-10-4-5-14(13-20)12-19-8-2-1-3-9-19/h6-7,11,14,21H,1-5,8-10,12-13H2. The molecule has 3 rings (SSSR count). The molecule has 0 saturated carbocycles. The number of nitrogens with zero attached hydrogens (tertiary/aromatic N) is 3. The number of pyridine rings is 1. The smallest absolute Gasteiger partial charge is 0.257 e. The Bertz CT molecular complexity index is 514. The van der Waals surface area contributed by atoms with E-state index in [1.807, 2.05) is 4.90 Å². The number of likely N-dealkylation sites (tertiary alicyclic amines) is 2. The first-order valence-electron chi connectivity index (χ1n) is 8.38. The van der Waals surface area contributed by atoms with Gasteiger partial charge in [-0.05, 0) is 50.8 Å². The molecular weight excluding hydrogens is 278 g/mol. The maximum absolute atomic E-state index is 12.6. The number of amides is 1.